The Morgan fingerprint density at radius 2 is 1.59 bits per heavy atom. The van der Waals surface area contributed by atoms with Crippen LogP contribution in [0.4, 0.5) is 4.79 Å². The normalized spacial score (nSPS) is 23.9. The van der Waals surface area contributed by atoms with Crippen molar-refractivity contribution in [2.75, 3.05) is 6.54 Å². The zero-order valence-electron chi connectivity index (χ0n) is 15.5. The second-order valence-electron chi connectivity index (χ2n) is 7.80. The van der Waals surface area contributed by atoms with Gasteiger partial charge in [0.25, 0.3) is 0 Å². The van der Waals surface area contributed by atoms with E-state index >= 15 is 0 Å². The van der Waals surface area contributed by atoms with Crippen LogP contribution in [0, 0.1) is 11.3 Å². The zero-order valence-corrected chi connectivity index (χ0v) is 15.5. The Hall–Kier alpha value is -2.43. The molecule has 0 aromatic carbocycles. The first-order valence-corrected chi connectivity index (χ1v) is 9.89. The van der Waals surface area contributed by atoms with Gasteiger partial charge in [-0.25, -0.2) is 9.69 Å². The van der Waals surface area contributed by atoms with Gasteiger partial charge in [0.05, 0.1) is 6.07 Å². The largest absolute Gasteiger partial charge is 0.336 e. The second kappa shape index (κ2) is 8.07. The fourth-order valence-corrected chi connectivity index (χ4v) is 4.37. The van der Waals surface area contributed by atoms with Crippen LogP contribution in [0.25, 0.3) is 0 Å². The fraction of sp³-hybridized carbons (Fsp3) is 0.737. The third kappa shape index (κ3) is 3.97. The quantitative estimate of drug-likeness (QED) is 0.459. The van der Waals surface area contributed by atoms with Crippen molar-refractivity contribution in [1.29, 1.82) is 5.26 Å². The number of hydrogen-bond donors (Lipinski definition) is 1. The summed E-state index contributed by atoms with van der Waals surface area (Å²) in [5, 5.41) is 12.3. The summed E-state index contributed by atoms with van der Waals surface area (Å²) in [6, 6.07) is 1.24. The molecule has 8 nitrogen and oxygen atoms in total. The van der Waals surface area contributed by atoms with Gasteiger partial charge in [-0.3, -0.25) is 19.3 Å². The first kappa shape index (κ1) is 19.3. The molecule has 1 N–H and O–H groups in total. The molecule has 146 valence electrons. The molecule has 2 aliphatic carbocycles. The number of hydrogen-bond acceptors (Lipinski definition) is 5. The van der Waals surface area contributed by atoms with Crippen molar-refractivity contribution in [2.24, 2.45) is 0 Å². The summed E-state index contributed by atoms with van der Waals surface area (Å²) in [5.41, 5.74) is -0.952. The summed E-state index contributed by atoms with van der Waals surface area (Å²) in [6.45, 7) is -0.518. The highest BCUT2D eigenvalue weighted by Crippen LogP contribution is 2.28. The molecule has 27 heavy (non-hydrogen) atoms. The smallest absolute Gasteiger partial charge is 0.334 e. The summed E-state index contributed by atoms with van der Waals surface area (Å²) in [7, 11) is 0. The van der Waals surface area contributed by atoms with Crippen LogP contribution in [0.5, 0.6) is 0 Å². The molecule has 0 radical (unpaired) electrons. The Labute approximate surface area is 158 Å². The van der Waals surface area contributed by atoms with Gasteiger partial charge in [-0.05, 0) is 25.7 Å². The van der Waals surface area contributed by atoms with Crippen LogP contribution in [0.3, 0.4) is 0 Å². The van der Waals surface area contributed by atoms with E-state index in [0.717, 1.165) is 49.8 Å². The molecule has 1 saturated heterocycles. The van der Waals surface area contributed by atoms with E-state index in [1.165, 1.54) is 0 Å². The van der Waals surface area contributed by atoms with Crippen LogP contribution in [-0.4, -0.2) is 51.7 Å². The topological polar surface area (TPSA) is 111 Å². The Morgan fingerprint density at radius 3 is 2.19 bits per heavy atom. The first-order valence-electron chi connectivity index (χ1n) is 9.89. The predicted octanol–water partition coefficient (Wildman–Crippen LogP) is 1.84. The highest BCUT2D eigenvalue weighted by Gasteiger charge is 2.48. The van der Waals surface area contributed by atoms with Gasteiger partial charge < -0.3 is 5.32 Å². The van der Waals surface area contributed by atoms with E-state index in [4.69, 9.17) is 0 Å². The number of imide groups is 2. The highest BCUT2D eigenvalue weighted by atomic mass is 16.2. The number of carbonyl (C=O) groups is 4. The minimum absolute atomic E-state index is 0.261. The van der Waals surface area contributed by atoms with E-state index in [1.54, 1.807) is 0 Å². The molecule has 5 amide bonds. The molecule has 0 unspecified atom stereocenters. The minimum Gasteiger partial charge on any atom is -0.336 e. The van der Waals surface area contributed by atoms with Gasteiger partial charge in [0.1, 0.15) is 12.1 Å². The molecule has 0 aromatic rings. The van der Waals surface area contributed by atoms with E-state index in [2.05, 4.69) is 11.4 Å². The molecule has 1 heterocycles. The molecule has 1 aliphatic heterocycles. The van der Waals surface area contributed by atoms with Gasteiger partial charge in [0.15, 0.2) is 0 Å². The van der Waals surface area contributed by atoms with Gasteiger partial charge in [-0.2, -0.15) is 5.26 Å². The Bertz CT molecular complexity index is 670. The zero-order chi connectivity index (χ0) is 19.4. The van der Waals surface area contributed by atoms with Gasteiger partial charge in [0.2, 0.25) is 5.91 Å². The Kier molecular flexibility index (Phi) is 5.78. The lowest BCUT2D eigenvalue weighted by Crippen LogP contribution is -2.51. The van der Waals surface area contributed by atoms with Crippen molar-refractivity contribution >= 4 is 23.8 Å². The molecular weight excluding hydrogens is 348 g/mol. The van der Waals surface area contributed by atoms with Crippen molar-refractivity contribution in [2.45, 2.75) is 82.2 Å². The van der Waals surface area contributed by atoms with Gasteiger partial charge >= 0.3 is 17.8 Å². The second-order valence-corrected chi connectivity index (χ2v) is 7.80. The molecule has 3 fully saturated rings. The monoisotopic (exact) mass is 374 g/mol. The van der Waals surface area contributed by atoms with Crippen LogP contribution in [0.15, 0.2) is 0 Å². The number of urea groups is 1. The maximum atomic E-state index is 12.6. The summed E-state index contributed by atoms with van der Waals surface area (Å²) in [6.07, 6.45) is 9.15. The van der Waals surface area contributed by atoms with Gasteiger partial charge in [0, 0.05) is 6.04 Å². The summed E-state index contributed by atoms with van der Waals surface area (Å²) >= 11 is 0. The predicted molar refractivity (Wildman–Crippen MR) is 95.0 cm³/mol. The van der Waals surface area contributed by atoms with Crippen LogP contribution >= 0.6 is 0 Å². The highest BCUT2D eigenvalue weighted by molar-refractivity contribution is 6.45. The first-order chi connectivity index (χ1) is 13.0. The van der Waals surface area contributed by atoms with Crippen molar-refractivity contribution in [1.82, 2.24) is 15.1 Å². The van der Waals surface area contributed by atoms with Crippen molar-refractivity contribution in [3.05, 3.63) is 0 Å². The van der Waals surface area contributed by atoms with E-state index in [1.807, 2.05) is 0 Å². The molecule has 3 aliphatic rings. The average molecular weight is 374 g/mol. The van der Waals surface area contributed by atoms with Crippen molar-refractivity contribution in [3.63, 3.8) is 0 Å². The number of nitrogens with zero attached hydrogens (tertiary/aromatic N) is 3. The lowest BCUT2D eigenvalue weighted by atomic mass is 9.92. The van der Waals surface area contributed by atoms with Crippen molar-refractivity contribution < 1.29 is 19.2 Å². The number of rotatable bonds is 4. The minimum atomic E-state index is -0.952. The van der Waals surface area contributed by atoms with Crippen molar-refractivity contribution in [3.8, 4) is 6.07 Å². The third-order valence-electron chi connectivity index (χ3n) is 5.88. The fourth-order valence-electron chi connectivity index (χ4n) is 4.37. The number of amides is 5. The Balaban J connectivity index is 1.66. The SMILES string of the molecule is N#CC1(NC(=O)CN2C(=O)C(=O)N(C3CCCCC3)C2=O)CCCCCC1. The van der Waals surface area contributed by atoms with Crippen LogP contribution in [0.2, 0.25) is 0 Å². The molecule has 0 spiro atoms. The molecular formula is C19H26N4O4. The van der Waals surface area contributed by atoms with Gasteiger partial charge in [-0.15, -0.1) is 0 Å². The standard InChI is InChI=1S/C19H26N4O4/c20-13-19(10-6-1-2-7-11-19)21-15(24)12-22-16(25)17(26)23(18(22)27)14-8-4-3-5-9-14/h14H,1-12H2,(H,21,24). The summed E-state index contributed by atoms with van der Waals surface area (Å²) in [4.78, 5) is 51.4. The number of carbonyl (C=O) groups excluding carboxylic acids is 4. The molecule has 0 atom stereocenters. The number of nitriles is 1. The molecule has 2 saturated carbocycles. The van der Waals surface area contributed by atoms with E-state index in [9.17, 15) is 24.4 Å². The third-order valence-corrected chi connectivity index (χ3v) is 5.88. The van der Waals surface area contributed by atoms with Crippen LogP contribution < -0.4 is 5.32 Å². The number of nitrogens with one attached hydrogen (secondary N) is 1. The maximum Gasteiger partial charge on any atom is 0.334 e. The summed E-state index contributed by atoms with van der Waals surface area (Å²) < 4.78 is 0. The van der Waals surface area contributed by atoms with Crippen LogP contribution in [-0.2, 0) is 14.4 Å². The molecule has 0 bridgehead atoms. The Morgan fingerprint density at radius 1 is 1.00 bits per heavy atom. The van der Waals surface area contributed by atoms with E-state index < -0.39 is 35.8 Å². The lowest BCUT2D eigenvalue weighted by Gasteiger charge is -2.29. The van der Waals surface area contributed by atoms with Gasteiger partial charge in [-0.1, -0.05) is 44.9 Å². The average Bonchev–Trinajstić information content (AvgIpc) is 2.85. The summed E-state index contributed by atoms with van der Waals surface area (Å²) in [5.74, 6) is -2.37. The maximum absolute atomic E-state index is 12.6. The molecule has 0 aromatic heterocycles. The molecule has 8 heteroatoms. The van der Waals surface area contributed by atoms with E-state index in [0.29, 0.717) is 30.6 Å². The molecule has 3 rings (SSSR count). The van der Waals surface area contributed by atoms with E-state index in [-0.39, 0.29) is 6.04 Å². The van der Waals surface area contributed by atoms with Crippen LogP contribution in [0.1, 0.15) is 70.6 Å². The lowest BCUT2D eigenvalue weighted by molar-refractivity contribution is -0.144.